The van der Waals surface area contributed by atoms with E-state index in [9.17, 15) is 4.79 Å². The minimum Gasteiger partial charge on any atom is -0.436 e. The molecule has 3 aliphatic heterocycles. The molecule has 3 aliphatic rings. The molecular weight excluding hydrogens is 412 g/mol. The van der Waals surface area contributed by atoms with Gasteiger partial charge in [0.2, 0.25) is 5.89 Å². The Bertz CT molecular complexity index is 1270. The lowest BCUT2D eigenvalue weighted by molar-refractivity contribution is 0.0621. The molecule has 3 aromatic carbocycles. The first kappa shape index (κ1) is 20.0. The Balaban J connectivity index is 1.23. The van der Waals surface area contributed by atoms with Gasteiger partial charge in [0.05, 0.1) is 5.56 Å². The number of piperidine rings is 3. The number of para-hydroxylation sites is 2. The largest absolute Gasteiger partial charge is 0.436 e. The topological polar surface area (TPSA) is 70.4 Å². The van der Waals surface area contributed by atoms with Gasteiger partial charge >= 0.3 is 0 Å². The van der Waals surface area contributed by atoms with Crippen LogP contribution in [-0.2, 0) is 0 Å². The maximum atomic E-state index is 13.1. The molecule has 33 heavy (non-hydrogen) atoms. The molecule has 6 nitrogen and oxygen atoms in total. The molecule has 166 valence electrons. The van der Waals surface area contributed by atoms with E-state index in [1.165, 1.54) is 12.8 Å². The van der Waals surface area contributed by atoms with Crippen molar-refractivity contribution in [2.75, 3.05) is 25.0 Å². The van der Waals surface area contributed by atoms with Gasteiger partial charge in [0, 0.05) is 29.5 Å². The summed E-state index contributed by atoms with van der Waals surface area (Å²) in [6, 6.07) is 23.8. The minimum absolute atomic E-state index is 0.0680. The van der Waals surface area contributed by atoms with Crippen molar-refractivity contribution in [2.45, 2.75) is 18.9 Å². The number of anilines is 2. The SMILES string of the molecule is O=C(NC1CN2CCC1CC2)c1cccc2oc(-c3ccc(Nc4ccccc4)cc3)nc12. The maximum absolute atomic E-state index is 13.1. The van der Waals surface area contributed by atoms with Crippen molar-refractivity contribution in [2.24, 2.45) is 5.92 Å². The van der Waals surface area contributed by atoms with E-state index in [4.69, 9.17) is 9.40 Å². The summed E-state index contributed by atoms with van der Waals surface area (Å²) in [5, 5.41) is 6.64. The Morgan fingerprint density at radius 1 is 0.909 bits per heavy atom. The molecule has 2 N–H and O–H groups in total. The van der Waals surface area contributed by atoms with Crippen molar-refractivity contribution in [3.63, 3.8) is 0 Å². The number of benzene rings is 3. The normalized spacial score (nSPS) is 21.8. The van der Waals surface area contributed by atoms with Crippen LogP contribution in [0.5, 0.6) is 0 Å². The lowest BCUT2D eigenvalue weighted by atomic mass is 9.84. The second-order valence-electron chi connectivity index (χ2n) is 8.96. The monoisotopic (exact) mass is 438 g/mol. The quantitative estimate of drug-likeness (QED) is 0.456. The number of aromatic nitrogens is 1. The number of carbonyl (C=O) groups is 1. The van der Waals surface area contributed by atoms with Gasteiger partial charge in [-0.2, -0.15) is 0 Å². The Morgan fingerprint density at radius 2 is 1.67 bits per heavy atom. The molecule has 1 aromatic heterocycles. The number of carbonyl (C=O) groups excluding carboxylic acids is 1. The summed E-state index contributed by atoms with van der Waals surface area (Å²) in [5.41, 5.74) is 4.69. The second kappa shape index (κ2) is 8.37. The van der Waals surface area contributed by atoms with Crippen molar-refractivity contribution >= 4 is 28.4 Å². The Hall–Kier alpha value is -3.64. The van der Waals surface area contributed by atoms with Gasteiger partial charge in [-0.15, -0.1) is 0 Å². The second-order valence-corrected chi connectivity index (χ2v) is 8.96. The highest BCUT2D eigenvalue weighted by Gasteiger charge is 2.35. The molecule has 1 unspecified atom stereocenters. The number of hydrogen-bond acceptors (Lipinski definition) is 5. The first-order chi connectivity index (χ1) is 16.2. The minimum atomic E-state index is -0.0680. The average molecular weight is 439 g/mol. The fraction of sp³-hybridized carbons (Fsp3) is 0.259. The summed E-state index contributed by atoms with van der Waals surface area (Å²) >= 11 is 0. The van der Waals surface area contributed by atoms with Crippen LogP contribution in [0.15, 0.2) is 77.2 Å². The first-order valence-electron chi connectivity index (χ1n) is 11.6. The Labute approximate surface area is 192 Å². The van der Waals surface area contributed by atoms with Crippen LogP contribution in [0.4, 0.5) is 11.4 Å². The zero-order valence-electron chi connectivity index (χ0n) is 18.3. The number of hydrogen-bond donors (Lipinski definition) is 2. The maximum Gasteiger partial charge on any atom is 0.253 e. The van der Waals surface area contributed by atoms with Crippen LogP contribution < -0.4 is 10.6 Å². The van der Waals surface area contributed by atoms with E-state index >= 15 is 0 Å². The molecule has 3 fully saturated rings. The van der Waals surface area contributed by atoms with E-state index in [1.807, 2.05) is 72.8 Å². The van der Waals surface area contributed by atoms with Gasteiger partial charge in [0.25, 0.3) is 5.91 Å². The number of oxazole rings is 1. The summed E-state index contributed by atoms with van der Waals surface area (Å²) in [4.78, 5) is 20.3. The summed E-state index contributed by atoms with van der Waals surface area (Å²) in [6.45, 7) is 3.25. The molecule has 0 spiro atoms. The smallest absolute Gasteiger partial charge is 0.253 e. The van der Waals surface area contributed by atoms with Crippen LogP contribution in [0, 0.1) is 5.92 Å². The number of nitrogens with one attached hydrogen (secondary N) is 2. The van der Waals surface area contributed by atoms with E-state index < -0.39 is 0 Å². The highest BCUT2D eigenvalue weighted by atomic mass is 16.3. The standard InChI is InChI=1S/C27H26N4O2/c32-26(29-23-17-31-15-13-18(23)14-16-31)22-7-4-8-24-25(22)30-27(33-24)19-9-11-21(12-10-19)28-20-5-2-1-3-6-20/h1-12,18,23,28H,13-17H2,(H,29,32). The first-order valence-corrected chi connectivity index (χ1v) is 11.6. The summed E-state index contributed by atoms with van der Waals surface area (Å²) < 4.78 is 6.02. The van der Waals surface area contributed by atoms with Crippen LogP contribution >= 0.6 is 0 Å². The van der Waals surface area contributed by atoms with Gasteiger partial charge < -0.3 is 20.0 Å². The number of fused-ring (bicyclic) bond motifs is 4. The summed E-state index contributed by atoms with van der Waals surface area (Å²) in [7, 11) is 0. The van der Waals surface area contributed by atoms with E-state index in [0.717, 1.165) is 36.6 Å². The van der Waals surface area contributed by atoms with Gasteiger partial charge in [-0.1, -0.05) is 24.3 Å². The van der Waals surface area contributed by atoms with Gasteiger partial charge in [0.1, 0.15) is 5.52 Å². The Kier molecular flexibility index (Phi) is 5.07. The molecule has 3 saturated heterocycles. The molecule has 0 radical (unpaired) electrons. The van der Waals surface area contributed by atoms with Crippen molar-refractivity contribution < 1.29 is 9.21 Å². The molecule has 0 aliphatic carbocycles. The Morgan fingerprint density at radius 3 is 2.39 bits per heavy atom. The summed E-state index contributed by atoms with van der Waals surface area (Å²) in [5.74, 6) is 1.02. The molecule has 1 atom stereocenters. The van der Waals surface area contributed by atoms with Crippen LogP contribution in [0.25, 0.3) is 22.6 Å². The number of rotatable bonds is 5. The predicted molar refractivity (Wildman–Crippen MR) is 130 cm³/mol. The van der Waals surface area contributed by atoms with Gasteiger partial charge in [0.15, 0.2) is 5.58 Å². The van der Waals surface area contributed by atoms with E-state index in [0.29, 0.717) is 28.5 Å². The van der Waals surface area contributed by atoms with E-state index in [2.05, 4.69) is 15.5 Å². The van der Waals surface area contributed by atoms with Crippen LogP contribution in [0.2, 0.25) is 0 Å². The van der Waals surface area contributed by atoms with Crippen molar-refractivity contribution in [3.05, 3.63) is 78.4 Å². The molecule has 4 aromatic rings. The predicted octanol–water partition coefficient (Wildman–Crippen LogP) is 5.06. The van der Waals surface area contributed by atoms with Gasteiger partial charge in [-0.05, 0) is 80.4 Å². The fourth-order valence-corrected chi connectivity index (χ4v) is 5.01. The highest BCUT2D eigenvalue weighted by Crippen LogP contribution is 2.30. The van der Waals surface area contributed by atoms with Crippen molar-refractivity contribution in [3.8, 4) is 11.5 Å². The molecule has 0 saturated carbocycles. The molecule has 2 bridgehead atoms. The molecule has 6 heteroatoms. The van der Waals surface area contributed by atoms with Crippen molar-refractivity contribution in [1.29, 1.82) is 0 Å². The number of amides is 1. The van der Waals surface area contributed by atoms with Gasteiger partial charge in [-0.3, -0.25) is 4.79 Å². The van der Waals surface area contributed by atoms with E-state index in [-0.39, 0.29) is 11.9 Å². The molecular formula is C27H26N4O2. The number of nitrogens with zero attached hydrogens (tertiary/aromatic N) is 2. The van der Waals surface area contributed by atoms with Crippen molar-refractivity contribution in [1.82, 2.24) is 15.2 Å². The average Bonchev–Trinajstić information content (AvgIpc) is 3.30. The lowest BCUT2D eigenvalue weighted by Gasteiger charge is -2.44. The van der Waals surface area contributed by atoms with Gasteiger partial charge in [-0.25, -0.2) is 4.98 Å². The third kappa shape index (κ3) is 3.98. The fourth-order valence-electron chi connectivity index (χ4n) is 5.01. The zero-order valence-corrected chi connectivity index (χ0v) is 18.3. The van der Waals surface area contributed by atoms with Crippen LogP contribution in [0.3, 0.4) is 0 Å². The lowest BCUT2D eigenvalue weighted by Crippen LogP contribution is -2.57. The zero-order chi connectivity index (χ0) is 22.2. The third-order valence-electron chi connectivity index (χ3n) is 6.83. The van der Waals surface area contributed by atoms with E-state index in [1.54, 1.807) is 0 Å². The molecule has 7 rings (SSSR count). The third-order valence-corrected chi connectivity index (χ3v) is 6.83. The molecule has 1 amide bonds. The highest BCUT2D eigenvalue weighted by molar-refractivity contribution is 6.05. The molecule has 4 heterocycles. The summed E-state index contributed by atoms with van der Waals surface area (Å²) in [6.07, 6.45) is 2.33. The van der Waals surface area contributed by atoms with Crippen LogP contribution in [0.1, 0.15) is 23.2 Å². The van der Waals surface area contributed by atoms with Crippen LogP contribution in [-0.4, -0.2) is 41.5 Å².